The number of hydrogen-bond acceptors (Lipinski definition) is 3. The van der Waals surface area contributed by atoms with Crippen LogP contribution in [0.25, 0.3) is 0 Å². The van der Waals surface area contributed by atoms with E-state index in [4.69, 9.17) is 40.2 Å². The van der Waals surface area contributed by atoms with Crippen molar-refractivity contribution in [3.05, 3.63) is 58.1 Å². The Bertz CT molecular complexity index is 721. The van der Waals surface area contributed by atoms with Gasteiger partial charge in [-0.1, -0.05) is 29.3 Å². The van der Waals surface area contributed by atoms with Crippen LogP contribution in [0.15, 0.2) is 42.5 Å². The molecule has 0 heterocycles. The molecule has 0 saturated carbocycles. The molecule has 7 heteroatoms. The van der Waals surface area contributed by atoms with Crippen molar-refractivity contribution in [2.75, 3.05) is 11.9 Å². The summed E-state index contributed by atoms with van der Waals surface area (Å²) in [7, 11) is 0. The van der Waals surface area contributed by atoms with Gasteiger partial charge in [-0.15, -0.1) is 0 Å². The lowest BCUT2D eigenvalue weighted by atomic mass is 10.2. The van der Waals surface area contributed by atoms with Crippen molar-refractivity contribution in [1.82, 2.24) is 5.32 Å². The van der Waals surface area contributed by atoms with Crippen molar-refractivity contribution < 1.29 is 9.53 Å². The topological polar surface area (TPSA) is 50.4 Å². The first kappa shape index (κ1) is 17.5. The SMILES string of the molecule is CCOc1ccc(C(=O)NC(=S)Nc2cccc(Cl)c2Cl)cc1. The molecule has 0 radical (unpaired) electrons. The fraction of sp³-hybridized carbons (Fsp3) is 0.125. The van der Waals surface area contributed by atoms with E-state index in [0.29, 0.717) is 33.7 Å². The Hall–Kier alpha value is -1.82. The molecule has 0 unspecified atom stereocenters. The van der Waals surface area contributed by atoms with Crippen LogP contribution in [0.5, 0.6) is 5.75 Å². The van der Waals surface area contributed by atoms with Crippen LogP contribution in [-0.4, -0.2) is 17.6 Å². The van der Waals surface area contributed by atoms with E-state index in [1.54, 1.807) is 42.5 Å². The standard InChI is InChI=1S/C16H14Cl2N2O2S/c1-2-22-11-8-6-10(7-9-11)15(21)20-16(23)19-13-5-3-4-12(17)14(13)18/h3-9H,2H2,1H3,(H2,19,20,21,23). The number of rotatable bonds is 4. The van der Waals surface area contributed by atoms with Gasteiger partial charge in [0.25, 0.3) is 5.91 Å². The Morgan fingerprint density at radius 1 is 1.17 bits per heavy atom. The minimum Gasteiger partial charge on any atom is -0.494 e. The first-order valence-corrected chi connectivity index (χ1v) is 7.97. The van der Waals surface area contributed by atoms with Gasteiger partial charge in [0.2, 0.25) is 0 Å². The van der Waals surface area contributed by atoms with Crippen molar-refractivity contribution in [3.63, 3.8) is 0 Å². The minimum absolute atomic E-state index is 0.132. The van der Waals surface area contributed by atoms with Gasteiger partial charge >= 0.3 is 0 Å². The number of anilines is 1. The summed E-state index contributed by atoms with van der Waals surface area (Å²) in [6.45, 7) is 2.46. The van der Waals surface area contributed by atoms with Crippen molar-refractivity contribution in [2.24, 2.45) is 0 Å². The number of hydrogen-bond donors (Lipinski definition) is 2. The first-order chi connectivity index (χ1) is 11.0. The number of thiocarbonyl (C=S) groups is 1. The van der Waals surface area contributed by atoms with Crippen LogP contribution in [0.4, 0.5) is 5.69 Å². The van der Waals surface area contributed by atoms with Gasteiger partial charge in [-0.2, -0.15) is 0 Å². The third-order valence-corrected chi connectivity index (χ3v) is 3.88. The molecule has 120 valence electrons. The van der Waals surface area contributed by atoms with E-state index >= 15 is 0 Å². The summed E-state index contributed by atoms with van der Waals surface area (Å²) in [4.78, 5) is 12.1. The highest BCUT2D eigenvalue weighted by Gasteiger charge is 2.10. The molecule has 0 saturated heterocycles. The number of benzene rings is 2. The zero-order chi connectivity index (χ0) is 16.8. The molecule has 0 bridgehead atoms. The predicted molar refractivity (Wildman–Crippen MR) is 97.8 cm³/mol. The zero-order valence-electron chi connectivity index (χ0n) is 12.2. The molecule has 0 aliphatic carbocycles. The molecular weight excluding hydrogens is 355 g/mol. The average Bonchev–Trinajstić information content (AvgIpc) is 2.53. The van der Waals surface area contributed by atoms with Crippen molar-refractivity contribution in [1.29, 1.82) is 0 Å². The number of carbonyl (C=O) groups is 1. The number of carbonyl (C=O) groups excluding carboxylic acids is 1. The van der Waals surface area contributed by atoms with E-state index in [9.17, 15) is 4.79 Å². The van der Waals surface area contributed by atoms with E-state index in [1.165, 1.54) is 0 Å². The maximum atomic E-state index is 12.1. The normalized spacial score (nSPS) is 10.0. The molecule has 0 aliphatic heterocycles. The van der Waals surface area contributed by atoms with E-state index < -0.39 is 0 Å². The zero-order valence-corrected chi connectivity index (χ0v) is 14.6. The Kier molecular flexibility index (Phi) is 6.21. The van der Waals surface area contributed by atoms with Gasteiger partial charge in [0.15, 0.2) is 5.11 Å². The van der Waals surface area contributed by atoms with Crippen LogP contribution in [-0.2, 0) is 0 Å². The number of nitrogens with one attached hydrogen (secondary N) is 2. The lowest BCUT2D eigenvalue weighted by Gasteiger charge is -2.11. The third-order valence-electron chi connectivity index (χ3n) is 2.85. The smallest absolute Gasteiger partial charge is 0.257 e. The predicted octanol–water partition coefficient (Wildman–Crippen LogP) is 4.52. The molecule has 23 heavy (non-hydrogen) atoms. The lowest BCUT2D eigenvalue weighted by Crippen LogP contribution is -2.34. The monoisotopic (exact) mass is 368 g/mol. The van der Waals surface area contributed by atoms with E-state index in [2.05, 4.69) is 10.6 Å². The molecule has 2 rings (SSSR count). The van der Waals surface area contributed by atoms with Crippen LogP contribution in [0.3, 0.4) is 0 Å². The highest BCUT2D eigenvalue weighted by atomic mass is 35.5. The second kappa shape index (κ2) is 8.15. The summed E-state index contributed by atoms with van der Waals surface area (Å²) < 4.78 is 5.33. The van der Waals surface area contributed by atoms with Gasteiger partial charge in [0, 0.05) is 5.56 Å². The van der Waals surface area contributed by atoms with Gasteiger partial charge in [-0.3, -0.25) is 10.1 Å². The van der Waals surface area contributed by atoms with E-state index in [1.807, 2.05) is 6.92 Å². The van der Waals surface area contributed by atoms with Crippen molar-refractivity contribution in [3.8, 4) is 5.75 Å². The molecule has 0 fully saturated rings. The average molecular weight is 369 g/mol. The summed E-state index contributed by atoms with van der Waals surface area (Å²) in [5.41, 5.74) is 0.992. The van der Waals surface area contributed by atoms with Gasteiger partial charge in [0.05, 0.1) is 22.3 Å². The maximum absolute atomic E-state index is 12.1. The van der Waals surface area contributed by atoms with E-state index in [0.717, 1.165) is 0 Å². The molecule has 2 N–H and O–H groups in total. The molecule has 0 aromatic heterocycles. The first-order valence-electron chi connectivity index (χ1n) is 6.80. The van der Waals surface area contributed by atoms with Crippen LogP contribution in [0, 0.1) is 0 Å². The Labute approximate surface area is 149 Å². The molecular formula is C16H14Cl2N2O2S. The number of amides is 1. The summed E-state index contributed by atoms with van der Waals surface area (Å²) >= 11 is 17.1. The van der Waals surface area contributed by atoms with Gasteiger partial charge in [-0.05, 0) is 55.5 Å². The summed E-state index contributed by atoms with van der Waals surface area (Å²) in [6.07, 6.45) is 0. The molecule has 1 amide bonds. The third kappa shape index (κ3) is 4.82. The van der Waals surface area contributed by atoms with Crippen molar-refractivity contribution >= 4 is 52.1 Å². The van der Waals surface area contributed by atoms with Crippen LogP contribution in [0.2, 0.25) is 10.0 Å². The van der Waals surface area contributed by atoms with Gasteiger partial charge in [0.1, 0.15) is 5.75 Å². The molecule has 0 spiro atoms. The second-order valence-corrected chi connectivity index (χ2v) is 5.66. The number of ether oxygens (including phenoxy) is 1. The highest BCUT2D eigenvalue weighted by Crippen LogP contribution is 2.29. The quantitative estimate of drug-likeness (QED) is 0.779. The second-order valence-electron chi connectivity index (χ2n) is 4.47. The van der Waals surface area contributed by atoms with E-state index in [-0.39, 0.29) is 11.0 Å². The Morgan fingerprint density at radius 2 is 1.87 bits per heavy atom. The Morgan fingerprint density at radius 3 is 2.52 bits per heavy atom. The molecule has 2 aromatic carbocycles. The van der Waals surface area contributed by atoms with Crippen LogP contribution < -0.4 is 15.4 Å². The fourth-order valence-corrected chi connectivity index (χ4v) is 2.35. The minimum atomic E-state index is -0.330. The summed E-state index contributed by atoms with van der Waals surface area (Å²) in [5, 5.41) is 6.30. The largest absolute Gasteiger partial charge is 0.494 e. The van der Waals surface area contributed by atoms with Crippen LogP contribution >= 0.6 is 35.4 Å². The summed E-state index contributed by atoms with van der Waals surface area (Å²) in [6, 6.07) is 11.9. The molecule has 0 aliphatic rings. The highest BCUT2D eigenvalue weighted by molar-refractivity contribution is 7.80. The van der Waals surface area contributed by atoms with Crippen LogP contribution in [0.1, 0.15) is 17.3 Å². The fourth-order valence-electron chi connectivity index (χ4n) is 1.80. The van der Waals surface area contributed by atoms with Gasteiger partial charge in [-0.25, -0.2) is 0 Å². The molecule has 2 aromatic rings. The Balaban J connectivity index is 1.99. The lowest BCUT2D eigenvalue weighted by molar-refractivity contribution is 0.0977. The summed E-state index contributed by atoms with van der Waals surface area (Å²) in [5.74, 6) is 0.374. The number of halogens is 2. The van der Waals surface area contributed by atoms with Crippen molar-refractivity contribution in [2.45, 2.75) is 6.92 Å². The maximum Gasteiger partial charge on any atom is 0.257 e. The molecule has 4 nitrogen and oxygen atoms in total. The van der Waals surface area contributed by atoms with Gasteiger partial charge < -0.3 is 10.1 Å². The molecule has 0 atom stereocenters.